The van der Waals surface area contributed by atoms with Crippen LogP contribution in [0.1, 0.15) is 29.8 Å². The van der Waals surface area contributed by atoms with Gasteiger partial charge in [-0.2, -0.15) is 0 Å². The molecule has 0 aliphatic heterocycles. The standard InChI is InChI=1S/C19H21N3O4/c1-19(2,17(24)21-12-13-8-10-20-11-9-13)18(25)22-15-7-5-4-6-14(15)16(23)26-3/h4-11H,12H2,1-3H3,(H,21,24)(H,22,25). The summed E-state index contributed by atoms with van der Waals surface area (Å²) in [4.78, 5) is 40.8. The van der Waals surface area contributed by atoms with Gasteiger partial charge in [-0.15, -0.1) is 0 Å². The molecule has 0 fully saturated rings. The van der Waals surface area contributed by atoms with E-state index >= 15 is 0 Å². The zero-order valence-corrected chi connectivity index (χ0v) is 14.9. The second-order valence-corrected chi connectivity index (χ2v) is 6.15. The highest BCUT2D eigenvalue weighted by Gasteiger charge is 2.36. The number of anilines is 1. The van der Waals surface area contributed by atoms with Crippen LogP contribution in [0.4, 0.5) is 5.69 Å². The van der Waals surface area contributed by atoms with Crippen LogP contribution in [0, 0.1) is 5.41 Å². The molecular weight excluding hydrogens is 334 g/mol. The molecule has 1 aromatic carbocycles. The summed E-state index contributed by atoms with van der Waals surface area (Å²) < 4.78 is 4.70. The Balaban J connectivity index is 2.08. The molecule has 0 bridgehead atoms. The number of hydrogen-bond donors (Lipinski definition) is 2. The molecule has 0 atom stereocenters. The molecule has 0 saturated heterocycles. The topological polar surface area (TPSA) is 97.4 Å². The number of carbonyl (C=O) groups excluding carboxylic acids is 3. The predicted octanol–water partition coefficient (Wildman–Crippen LogP) is 2.15. The highest BCUT2D eigenvalue weighted by Crippen LogP contribution is 2.22. The third-order valence-electron chi connectivity index (χ3n) is 3.92. The summed E-state index contributed by atoms with van der Waals surface area (Å²) in [5.74, 6) is -1.52. The van der Waals surface area contributed by atoms with E-state index in [0.29, 0.717) is 5.69 Å². The maximum atomic E-state index is 12.6. The molecule has 0 aliphatic carbocycles. The Labute approximate surface area is 151 Å². The van der Waals surface area contributed by atoms with Gasteiger partial charge in [0.25, 0.3) is 0 Å². The van der Waals surface area contributed by atoms with Crippen molar-refractivity contribution in [1.82, 2.24) is 10.3 Å². The highest BCUT2D eigenvalue weighted by molar-refractivity contribution is 6.11. The fourth-order valence-corrected chi connectivity index (χ4v) is 2.17. The molecule has 0 saturated carbocycles. The summed E-state index contributed by atoms with van der Waals surface area (Å²) in [5.41, 5.74) is 0.0484. The van der Waals surface area contributed by atoms with Gasteiger partial charge in [0.15, 0.2) is 0 Å². The lowest BCUT2D eigenvalue weighted by atomic mass is 9.90. The molecule has 0 unspecified atom stereocenters. The summed E-state index contributed by atoms with van der Waals surface area (Å²) in [5, 5.41) is 5.37. The summed E-state index contributed by atoms with van der Waals surface area (Å²) in [6.45, 7) is 3.33. The van der Waals surface area contributed by atoms with Gasteiger partial charge in [-0.25, -0.2) is 4.79 Å². The molecule has 2 rings (SSSR count). The molecule has 0 radical (unpaired) electrons. The van der Waals surface area contributed by atoms with E-state index < -0.39 is 23.2 Å². The Morgan fingerprint density at radius 1 is 1.04 bits per heavy atom. The normalized spacial score (nSPS) is 10.7. The predicted molar refractivity (Wildman–Crippen MR) is 96.3 cm³/mol. The van der Waals surface area contributed by atoms with Gasteiger partial charge in [0.1, 0.15) is 5.41 Å². The minimum absolute atomic E-state index is 0.219. The second-order valence-electron chi connectivity index (χ2n) is 6.15. The summed E-state index contributed by atoms with van der Waals surface area (Å²) in [7, 11) is 1.26. The molecule has 2 N–H and O–H groups in total. The fourth-order valence-electron chi connectivity index (χ4n) is 2.17. The summed E-state index contributed by atoms with van der Waals surface area (Å²) in [6, 6.07) is 10.0. The van der Waals surface area contributed by atoms with Crippen LogP contribution in [0.15, 0.2) is 48.8 Å². The Morgan fingerprint density at radius 2 is 1.69 bits per heavy atom. The fraction of sp³-hybridized carbons (Fsp3) is 0.263. The molecule has 136 valence electrons. The number of rotatable bonds is 6. The van der Waals surface area contributed by atoms with E-state index in [0.717, 1.165) is 5.56 Å². The number of esters is 1. The van der Waals surface area contributed by atoms with Crippen molar-refractivity contribution in [2.75, 3.05) is 12.4 Å². The van der Waals surface area contributed by atoms with Gasteiger partial charge in [0.2, 0.25) is 11.8 Å². The molecule has 0 spiro atoms. The number of amides is 2. The first-order valence-corrected chi connectivity index (χ1v) is 8.02. The average Bonchev–Trinajstić information content (AvgIpc) is 2.66. The van der Waals surface area contributed by atoms with Crippen molar-refractivity contribution in [3.05, 3.63) is 59.9 Å². The third kappa shape index (κ3) is 4.44. The first kappa shape index (κ1) is 19.1. The Bertz CT molecular complexity index is 803. The Hall–Kier alpha value is -3.22. The zero-order valence-electron chi connectivity index (χ0n) is 14.9. The second kappa shape index (κ2) is 8.24. The van der Waals surface area contributed by atoms with Gasteiger partial charge in [-0.05, 0) is 43.7 Å². The minimum Gasteiger partial charge on any atom is -0.465 e. The lowest BCUT2D eigenvalue weighted by molar-refractivity contribution is -0.138. The molecule has 7 nitrogen and oxygen atoms in total. The number of pyridine rings is 1. The van der Waals surface area contributed by atoms with E-state index in [9.17, 15) is 14.4 Å². The van der Waals surface area contributed by atoms with Crippen LogP contribution in [0.2, 0.25) is 0 Å². The van der Waals surface area contributed by atoms with Crippen LogP contribution in [0.3, 0.4) is 0 Å². The minimum atomic E-state index is -1.34. The van der Waals surface area contributed by atoms with Crippen molar-refractivity contribution in [2.45, 2.75) is 20.4 Å². The number of para-hydroxylation sites is 1. The number of benzene rings is 1. The zero-order chi connectivity index (χ0) is 19.2. The lowest BCUT2D eigenvalue weighted by Crippen LogP contribution is -2.45. The van der Waals surface area contributed by atoms with E-state index in [2.05, 4.69) is 15.6 Å². The van der Waals surface area contributed by atoms with Crippen LogP contribution in [-0.4, -0.2) is 29.9 Å². The van der Waals surface area contributed by atoms with Crippen molar-refractivity contribution < 1.29 is 19.1 Å². The lowest BCUT2D eigenvalue weighted by Gasteiger charge is -2.23. The highest BCUT2D eigenvalue weighted by atomic mass is 16.5. The quantitative estimate of drug-likeness (QED) is 0.611. The van der Waals surface area contributed by atoms with Crippen molar-refractivity contribution in [3.63, 3.8) is 0 Å². The van der Waals surface area contributed by atoms with Crippen LogP contribution < -0.4 is 10.6 Å². The van der Waals surface area contributed by atoms with Crippen LogP contribution in [0.25, 0.3) is 0 Å². The maximum absolute atomic E-state index is 12.6. The summed E-state index contributed by atoms with van der Waals surface area (Å²) in [6.07, 6.45) is 3.26. The molecule has 7 heteroatoms. The van der Waals surface area contributed by atoms with E-state index in [1.54, 1.807) is 42.7 Å². The number of nitrogens with one attached hydrogen (secondary N) is 2. The Kier molecular flexibility index (Phi) is 6.06. The molecular formula is C19H21N3O4. The number of methoxy groups -OCH3 is 1. The van der Waals surface area contributed by atoms with E-state index in [4.69, 9.17) is 4.74 Å². The van der Waals surface area contributed by atoms with Crippen molar-refractivity contribution in [3.8, 4) is 0 Å². The number of carbonyl (C=O) groups is 3. The van der Waals surface area contributed by atoms with Gasteiger partial charge in [0.05, 0.1) is 18.4 Å². The molecule has 26 heavy (non-hydrogen) atoms. The van der Waals surface area contributed by atoms with Crippen molar-refractivity contribution >= 4 is 23.5 Å². The van der Waals surface area contributed by atoms with Gasteiger partial charge < -0.3 is 15.4 Å². The SMILES string of the molecule is COC(=O)c1ccccc1NC(=O)C(C)(C)C(=O)NCc1ccncc1. The van der Waals surface area contributed by atoms with Gasteiger partial charge >= 0.3 is 5.97 Å². The first-order chi connectivity index (χ1) is 12.4. The van der Waals surface area contributed by atoms with Gasteiger partial charge in [-0.3, -0.25) is 14.6 Å². The third-order valence-corrected chi connectivity index (χ3v) is 3.92. The van der Waals surface area contributed by atoms with E-state index in [1.165, 1.54) is 27.0 Å². The molecule has 0 aliphatic rings. The van der Waals surface area contributed by atoms with Crippen LogP contribution in [-0.2, 0) is 20.9 Å². The van der Waals surface area contributed by atoms with Gasteiger partial charge in [-0.1, -0.05) is 12.1 Å². The van der Waals surface area contributed by atoms with Crippen molar-refractivity contribution in [1.29, 1.82) is 0 Å². The number of aromatic nitrogens is 1. The average molecular weight is 355 g/mol. The molecule has 2 aromatic rings. The monoisotopic (exact) mass is 355 g/mol. The van der Waals surface area contributed by atoms with Crippen LogP contribution >= 0.6 is 0 Å². The van der Waals surface area contributed by atoms with E-state index in [1.807, 2.05) is 0 Å². The maximum Gasteiger partial charge on any atom is 0.339 e. The first-order valence-electron chi connectivity index (χ1n) is 8.02. The largest absolute Gasteiger partial charge is 0.465 e. The molecule has 2 amide bonds. The molecule has 1 heterocycles. The Morgan fingerprint density at radius 3 is 2.35 bits per heavy atom. The smallest absolute Gasteiger partial charge is 0.339 e. The number of nitrogens with zero attached hydrogens (tertiary/aromatic N) is 1. The summed E-state index contributed by atoms with van der Waals surface area (Å²) >= 11 is 0. The number of ether oxygens (including phenoxy) is 1. The molecule has 1 aromatic heterocycles. The van der Waals surface area contributed by atoms with E-state index in [-0.39, 0.29) is 12.1 Å². The number of hydrogen-bond acceptors (Lipinski definition) is 5. The van der Waals surface area contributed by atoms with Gasteiger partial charge in [0, 0.05) is 18.9 Å². The van der Waals surface area contributed by atoms with Crippen LogP contribution in [0.5, 0.6) is 0 Å². The van der Waals surface area contributed by atoms with Crippen molar-refractivity contribution in [2.24, 2.45) is 5.41 Å².